The van der Waals surface area contributed by atoms with Crippen molar-refractivity contribution in [2.24, 2.45) is 5.92 Å². The van der Waals surface area contributed by atoms with E-state index in [0.717, 1.165) is 5.69 Å². The third kappa shape index (κ3) is 3.93. The molecule has 118 valence electrons. The molecule has 0 aromatic carbocycles. The third-order valence-corrected chi connectivity index (χ3v) is 2.99. The molecule has 0 radical (unpaired) electrons. The highest BCUT2D eigenvalue weighted by atomic mass is 19.4. The summed E-state index contributed by atoms with van der Waals surface area (Å²) in [7, 11) is 0. The van der Waals surface area contributed by atoms with Gasteiger partial charge in [-0.25, -0.2) is 4.98 Å². The SMILES string of the molecule is Cc1cnc(-c2ccc(OC(C(C)C)C(F)(F)F)nc2)cn1. The maximum absolute atomic E-state index is 12.9. The van der Waals surface area contributed by atoms with Gasteiger partial charge < -0.3 is 4.74 Å². The summed E-state index contributed by atoms with van der Waals surface area (Å²) in [6.07, 6.45) is -1.71. The van der Waals surface area contributed by atoms with Gasteiger partial charge in [-0.2, -0.15) is 13.2 Å². The van der Waals surface area contributed by atoms with Crippen molar-refractivity contribution in [1.82, 2.24) is 15.0 Å². The number of hydrogen-bond donors (Lipinski definition) is 0. The van der Waals surface area contributed by atoms with E-state index in [-0.39, 0.29) is 5.88 Å². The Labute approximate surface area is 126 Å². The number of ether oxygens (including phenoxy) is 1. The second kappa shape index (κ2) is 6.29. The Kier molecular flexibility index (Phi) is 4.63. The standard InChI is InChI=1S/C15H16F3N3O/c1-9(2)14(15(16,17)18)22-13-5-4-11(7-21-13)12-8-19-10(3)6-20-12/h4-9,14H,1-3H3. The third-order valence-electron chi connectivity index (χ3n) is 2.99. The molecule has 0 aliphatic carbocycles. The van der Waals surface area contributed by atoms with E-state index in [0.29, 0.717) is 11.3 Å². The average Bonchev–Trinajstić information content (AvgIpc) is 2.45. The second-order valence-electron chi connectivity index (χ2n) is 5.25. The zero-order valence-corrected chi connectivity index (χ0v) is 12.4. The topological polar surface area (TPSA) is 47.9 Å². The Morgan fingerprint density at radius 2 is 1.73 bits per heavy atom. The van der Waals surface area contributed by atoms with Crippen LogP contribution in [0.4, 0.5) is 13.2 Å². The van der Waals surface area contributed by atoms with Crippen LogP contribution >= 0.6 is 0 Å². The summed E-state index contributed by atoms with van der Waals surface area (Å²) in [4.78, 5) is 12.2. The summed E-state index contributed by atoms with van der Waals surface area (Å²) in [6, 6.07) is 3.01. The fraction of sp³-hybridized carbons (Fsp3) is 0.400. The molecular formula is C15H16F3N3O. The van der Waals surface area contributed by atoms with Crippen LogP contribution in [0, 0.1) is 12.8 Å². The first-order valence-electron chi connectivity index (χ1n) is 6.76. The predicted octanol–water partition coefficient (Wildman–Crippen LogP) is 3.81. The Balaban J connectivity index is 2.16. The highest BCUT2D eigenvalue weighted by Gasteiger charge is 2.44. The summed E-state index contributed by atoms with van der Waals surface area (Å²) in [6.45, 7) is 4.72. The molecule has 0 spiro atoms. The van der Waals surface area contributed by atoms with Crippen molar-refractivity contribution >= 4 is 0 Å². The molecule has 0 aliphatic rings. The predicted molar refractivity (Wildman–Crippen MR) is 75.3 cm³/mol. The van der Waals surface area contributed by atoms with E-state index in [4.69, 9.17) is 4.74 Å². The fourth-order valence-corrected chi connectivity index (χ4v) is 1.85. The van der Waals surface area contributed by atoms with Gasteiger partial charge in [-0.1, -0.05) is 13.8 Å². The average molecular weight is 311 g/mol. The molecule has 0 bridgehead atoms. The fourth-order valence-electron chi connectivity index (χ4n) is 1.85. The first-order chi connectivity index (χ1) is 10.3. The Bertz CT molecular complexity index is 609. The molecule has 0 fully saturated rings. The number of aryl methyl sites for hydroxylation is 1. The maximum atomic E-state index is 12.9. The first kappa shape index (κ1) is 16.2. The molecule has 0 amide bonds. The van der Waals surface area contributed by atoms with Crippen LogP contribution < -0.4 is 4.74 Å². The van der Waals surface area contributed by atoms with Gasteiger partial charge in [-0.05, 0) is 18.9 Å². The van der Waals surface area contributed by atoms with Crippen molar-refractivity contribution in [3.63, 3.8) is 0 Å². The van der Waals surface area contributed by atoms with Gasteiger partial charge in [0.25, 0.3) is 0 Å². The summed E-state index contributed by atoms with van der Waals surface area (Å²) < 4.78 is 43.6. The van der Waals surface area contributed by atoms with Gasteiger partial charge in [0.2, 0.25) is 5.88 Å². The number of halogens is 3. The summed E-state index contributed by atoms with van der Waals surface area (Å²) in [5, 5.41) is 0. The van der Waals surface area contributed by atoms with E-state index < -0.39 is 18.2 Å². The maximum Gasteiger partial charge on any atom is 0.425 e. The highest BCUT2D eigenvalue weighted by molar-refractivity contribution is 5.56. The minimum absolute atomic E-state index is 0.0696. The van der Waals surface area contributed by atoms with E-state index in [2.05, 4.69) is 15.0 Å². The summed E-state index contributed by atoms with van der Waals surface area (Å²) in [5.74, 6) is -0.774. The molecule has 2 aromatic rings. The number of aromatic nitrogens is 3. The minimum Gasteiger partial charge on any atom is -0.464 e. The van der Waals surface area contributed by atoms with Crippen LogP contribution in [0.2, 0.25) is 0 Å². The Morgan fingerprint density at radius 3 is 2.18 bits per heavy atom. The van der Waals surface area contributed by atoms with Gasteiger partial charge in [-0.3, -0.25) is 9.97 Å². The van der Waals surface area contributed by atoms with E-state index in [1.165, 1.54) is 26.1 Å². The molecule has 0 saturated carbocycles. The van der Waals surface area contributed by atoms with Crippen molar-refractivity contribution in [2.45, 2.75) is 33.1 Å². The highest BCUT2D eigenvalue weighted by Crippen LogP contribution is 2.29. The molecule has 1 atom stereocenters. The lowest BCUT2D eigenvalue weighted by Crippen LogP contribution is -2.39. The van der Waals surface area contributed by atoms with Crippen LogP contribution in [-0.4, -0.2) is 27.2 Å². The van der Waals surface area contributed by atoms with E-state index >= 15 is 0 Å². The number of rotatable bonds is 4. The van der Waals surface area contributed by atoms with Crippen LogP contribution in [0.15, 0.2) is 30.7 Å². The van der Waals surface area contributed by atoms with E-state index in [1.807, 2.05) is 6.92 Å². The zero-order chi connectivity index (χ0) is 16.3. The van der Waals surface area contributed by atoms with Gasteiger partial charge in [0, 0.05) is 24.0 Å². The lowest BCUT2D eigenvalue weighted by atomic mass is 10.1. The molecule has 2 aromatic heterocycles. The smallest absolute Gasteiger partial charge is 0.425 e. The van der Waals surface area contributed by atoms with Crippen LogP contribution in [0.5, 0.6) is 5.88 Å². The van der Waals surface area contributed by atoms with Gasteiger partial charge in [0.05, 0.1) is 17.6 Å². The molecule has 4 nitrogen and oxygen atoms in total. The monoisotopic (exact) mass is 311 g/mol. The molecular weight excluding hydrogens is 295 g/mol. The van der Waals surface area contributed by atoms with Gasteiger partial charge in [0.1, 0.15) is 0 Å². The Morgan fingerprint density at radius 1 is 1.00 bits per heavy atom. The molecule has 2 rings (SSSR count). The van der Waals surface area contributed by atoms with Crippen LogP contribution in [-0.2, 0) is 0 Å². The molecule has 0 aliphatic heterocycles. The molecule has 22 heavy (non-hydrogen) atoms. The minimum atomic E-state index is -4.43. The van der Waals surface area contributed by atoms with Crippen molar-refractivity contribution in [2.75, 3.05) is 0 Å². The number of nitrogens with zero attached hydrogens (tertiary/aromatic N) is 3. The lowest BCUT2D eigenvalue weighted by molar-refractivity contribution is -0.207. The van der Waals surface area contributed by atoms with Crippen LogP contribution in [0.3, 0.4) is 0 Å². The van der Waals surface area contributed by atoms with Crippen molar-refractivity contribution in [1.29, 1.82) is 0 Å². The first-order valence-corrected chi connectivity index (χ1v) is 6.76. The number of alkyl halides is 3. The molecule has 0 N–H and O–H groups in total. The van der Waals surface area contributed by atoms with E-state index in [1.54, 1.807) is 18.5 Å². The zero-order valence-electron chi connectivity index (χ0n) is 12.4. The van der Waals surface area contributed by atoms with Gasteiger partial charge in [-0.15, -0.1) is 0 Å². The quantitative estimate of drug-likeness (QED) is 0.861. The number of pyridine rings is 1. The van der Waals surface area contributed by atoms with Crippen molar-refractivity contribution in [3.8, 4) is 17.1 Å². The molecule has 0 saturated heterocycles. The molecule has 1 unspecified atom stereocenters. The van der Waals surface area contributed by atoms with Crippen molar-refractivity contribution < 1.29 is 17.9 Å². The van der Waals surface area contributed by atoms with Crippen LogP contribution in [0.1, 0.15) is 19.5 Å². The largest absolute Gasteiger partial charge is 0.464 e. The molecule has 7 heteroatoms. The summed E-state index contributed by atoms with van der Waals surface area (Å²) in [5.41, 5.74) is 2.04. The number of hydrogen-bond acceptors (Lipinski definition) is 4. The normalized spacial score (nSPS) is 13.2. The summed E-state index contributed by atoms with van der Waals surface area (Å²) >= 11 is 0. The second-order valence-corrected chi connectivity index (χ2v) is 5.25. The van der Waals surface area contributed by atoms with Crippen molar-refractivity contribution in [3.05, 3.63) is 36.4 Å². The Hall–Kier alpha value is -2.18. The van der Waals surface area contributed by atoms with Gasteiger partial charge in [0.15, 0.2) is 6.10 Å². The van der Waals surface area contributed by atoms with E-state index in [9.17, 15) is 13.2 Å². The van der Waals surface area contributed by atoms with Crippen LogP contribution in [0.25, 0.3) is 11.3 Å². The lowest BCUT2D eigenvalue weighted by Gasteiger charge is -2.24. The molecule has 2 heterocycles. The van der Waals surface area contributed by atoms with Gasteiger partial charge >= 0.3 is 6.18 Å².